The number of piperidine rings is 1. The predicted molar refractivity (Wildman–Crippen MR) is 74.2 cm³/mol. The number of carbonyl (C=O) groups is 3. The molecule has 0 radical (unpaired) electrons. The van der Waals surface area contributed by atoms with E-state index in [4.69, 9.17) is 5.11 Å². The summed E-state index contributed by atoms with van der Waals surface area (Å²) >= 11 is 0. The second kappa shape index (κ2) is 7.87. The second-order valence-electron chi connectivity index (χ2n) is 5.67. The molecular weight excluding hydrogens is 260 g/mol. The monoisotopic (exact) mass is 284 g/mol. The summed E-state index contributed by atoms with van der Waals surface area (Å²) in [5, 5.41) is 10.8. The lowest BCUT2D eigenvalue weighted by Crippen LogP contribution is -2.46. The van der Waals surface area contributed by atoms with Crippen molar-refractivity contribution in [1.29, 1.82) is 0 Å². The van der Waals surface area contributed by atoms with E-state index in [1.807, 2.05) is 0 Å². The van der Waals surface area contributed by atoms with Crippen molar-refractivity contribution >= 4 is 17.9 Å². The van der Waals surface area contributed by atoms with Crippen LogP contribution >= 0.6 is 0 Å². The molecule has 1 fully saturated rings. The number of amides is 3. The van der Waals surface area contributed by atoms with Crippen molar-refractivity contribution in [2.75, 3.05) is 13.1 Å². The van der Waals surface area contributed by atoms with Gasteiger partial charge in [-0.05, 0) is 31.1 Å². The molecule has 1 aliphatic rings. The molecule has 1 rings (SSSR count). The van der Waals surface area contributed by atoms with Crippen molar-refractivity contribution in [1.82, 2.24) is 10.2 Å². The summed E-state index contributed by atoms with van der Waals surface area (Å²) in [4.78, 5) is 35.3. The molecule has 20 heavy (non-hydrogen) atoms. The zero-order valence-corrected chi connectivity index (χ0v) is 12.2. The summed E-state index contributed by atoms with van der Waals surface area (Å²) in [6, 6.07) is -0.354. The second-order valence-corrected chi connectivity index (χ2v) is 5.67. The summed E-state index contributed by atoms with van der Waals surface area (Å²) in [6.07, 6.45) is 2.21. The fraction of sp³-hybridized carbons (Fsp3) is 0.786. The van der Waals surface area contributed by atoms with Gasteiger partial charge in [-0.1, -0.05) is 13.8 Å². The molecule has 1 saturated heterocycles. The van der Waals surface area contributed by atoms with Crippen LogP contribution in [0.3, 0.4) is 0 Å². The summed E-state index contributed by atoms with van der Waals surface area (Å²) in [7, 11) is 0. The average molecular weight is 284 g/mol. The molecule has 2 N–H and O–H groups in total. The summed E-state index contributed by atoms with van der Waals surface area (Å²) in [5.41, 5.74) is 0. The zero-order chi connectivity index (χ0) is 15.1. The molecule has 6 heteroatoms. The third kappa shape index (κ3) is 5.59. The lowest BCUT2D eigenvalue weighted by Gasteiger charge is -2.33. The van der Waals surface area contributed by atoms with Gasteiger partial charge in [0.2, 0.25) is 5.91 Å². The molecular formula is C14H24N2O4. The number of likely N-dealkylation sites (tertiary alicyclic amines) is 1. The van der Waals surface area contributed by atoms with Gasteiger partial charge >= 0.3 is 12.0 Å². The maximum Gasteiger partial charge on any atom is 0.324 e. The van der Waals surface area contributed by atoms with Gasteiger partial charge in [0.05, 0.1) is 0 Å². The van der Waals surface area contributed by atoms with Crippen molar-refractivity contribution in [3.05, 3.63) is 0 Å². The standard InChI is InChI=1S/C14H24N2O4/c1-10(2)11-6-8-16(9-7-11)14(20)15-12(17)4-3-5-13(18)19/h10-11H,3-9H2,1-2H3,(H,18,19)(H,15,17,20). The highest BCUT2D eigenvalue weighted by Crippen LogP contribution is 2.24. The quantitative estimate of drug-likeness (QED) is 0.806. The highest BCUT2D eigenvalue weighted by molar-refractivity contribution is 5.94. The highest BCUT2D eigenvalue weighted by atomic mass is 16.4. The number of nitrogens with zero attached hydrogens (tertiary/aromatic N) is 1. The van der Waals surface area contributed by atoms with Gasteiger partial charge in [-0.15, -0.1) is 0 Å². The van der Waals surface area contributed by atoms with Crippen LogP contribution < -0.4 is 5.32 Å². The van der Waals surface area contributed by atoms with Gasteiger partial charge < -0.3 is 10.0 Å². The van der Waals surface area contributed by atoms with Gasteiger partial charge in [0.1, 0.15) is 0 Å². The number of aliphatic carboxylic acids is 1. The Morgan fingerprint density at radius 2 is 1.80 bits per heavy atom. The first-order valence-electron chi connectivity index (χ1n) is 7.20. The molecule has 1 aliphatic heterocycles. The van der Waals surface area contributed by atoms with Gasteiger partial charge in [0.25, 0.3) is 0 Å². The van der Waals surface area contributed by atoms with Crippen LogP contribution in [0, 0.1) is 11.8 Å². The normalized spacial score (nSPS) is 16.2. The highest BCUT2D eigenvalue weighted by Gasteiger charge is 2.25. The van der Waals surface area contributed by atoms with Crippen molar-refractivity contribution in [2.45, 2.75) is 46.0 Å². The Labute approximate surface area is 119 Å². The van der Waals surface area contributed by atoms with Gasteiger partial charge in [-0.25, -0.2) is 4.79 Å². The molecule has 0 aliphatic carbocycles. The number of imide groups is 1. The summed E-state index contributed by atoms with van der Waals surface area (Å²) < 4.78 is 0. The van der Waals surface area contributed by atoms with Gasteiger partial charge in [-0.3, -0.25) is 14.9 Å². The minimum atomic E-state index is -0.931. The number of nitrogens with one attached hydrogen (secondary N) is 1. The Morgan fingerprint density at radius 3 is 2.30 bits per heavy atom. The molecule has 0 aromatic heterocycles. The number of carbonyl (C=O) groups excluding carboxylic acids is 2. The number of carboxylic acids is 1. The van der Waals surface area contributed by atoms with Crippen LogP contribution in [0.15, 0.2) is 0 Å². The van der Waals surface area contributed by atoms with Crippen LogP contribution in [0.1, 0.15) is 46.0 Å². The Bertz CT molecular complexity index is 360. The van der Waals surface area contributed by atoms with Gasteiger partial charge in [0.15, 0.2) is 0 Å². The van der Waals surface area contributed by atoms with E-state index in [0.717, 1.165) is 12.8 Å². The van der Waals surface area contributed by atoms with E-state index in [1.54, 1.807) is 4.90 Å². The minimum Gasteiger partial charge on any atom is -0.481 e. The number of rotatable bonds is 5. The first kappa shape index (κ1) is 16.5. The minimum absolute atomic E-state index is 0.0542. The van der Waals surface area contributed by atoms with Crippen molar-refractivity contribution < 1.29 is 19.5 Å². The molecule has 0 aromatic rings. The topological polar surface area (TPSA) is 86.7 Å². The van der Waals surface area contributed by atoms with Crippen molar-refractivity contribution in [3.63, 3.8) is 0 Å². The first-order chi connectivity index (χ1) is 9.40. The van der Waals surface area contributed by atoms with E-state index in [1.165, 1.54) is 0 Å². The number of hydrogen-bond donors (Lipinski definition) is 2. The van der Waals surface area contributed by atoms with Crippen LogP contribution in [0.4, 0.5) is 4.79 Å². The Hall–Kier alpha value is -1.59. The van der Waals surface area contributed by atoms with E-state index in [9.17, 15) is 14.4 Å². The average Bonchev–Trinajstić information content (AvgIpc) is 2.38. The van der Waals surface area contributed by atoms with E-state index in [-0.39, 0.29) is 25.3 Å². The predicted octanol–water partition coefficient (Wildman–Crippen LogP) is 1.85. The number of carboxylic acid groups (broad SMARTS) is 1. The van der Waals surface area contributed by atoms with Crippen LogP contribution in [0.2, 0.25) is 0 Å². The third-order valence-electron chi connectivity index (χ3n) is 3.81. The van der Waals surface area contributed by atoms with Crippen LogP contribution in [-0.2, 0) is 9.59 Å². The zero-order valence-electron chi connectivity index (χ0n) is 12.2. The molecule has 6 nitrogen and oxygen atoms in total. The maximum atomic E-state index is 11.9. The van der Waals surface area contributed by atoms with Crippen LogP contribution in [-0.4, -0.2) is 41.0 Å². The van der Waals surface area contributed by atoms with Gasteiger partial charge in [-0.2, -0.15) is 0 Å². The fourth-order valence-electron chi connectivity index (χ4n) is 2.43. The maximum absolute atomic E-state index is 11.9. The molecule has 0 saturated carbocycles. The fourth-order valence-corrected chi connectivity index (χ4v) is 2.43. The molecule has 3 amide bonds. The molecule has 0 unspecified atom stereocenters. The number of urea groups is 1. The largest absolute Gasteiger partial charge is 0.481 e. The molecule has 0 aromatic carbocycles. The molecule has 0 spiro atoms. The van der Waals surface area contributed by atoms with E-state index < -0.39 is 11.9 Å². The molecule has 114 valence electrons. The van der Waals surface area contributed by atoms with Gasteiger partial charge in [0, 0.05) is 25.9 Å². The Morgan fingerprint density at radius 1 is 1.20 bits per heavy atom. The Balaban J connectivity index is 2.26. The van der Waals surface area contributed by atoms with E-state index >= 15 is 0 Å². The lowest BCUT2D eigenvalue weighted by molar-refractivity contribution is -0.137. The van der Waals surface area contributed by atoms with E-state index in [2.05, 4.69) is 19.2 Å². The lowest BCUT2D eigenvalue weighted by atomic mass is 9.87. The first-order valence-corrected chi connectivity index (χ1v) is 7.20. The van der Waals surface area contributed by atoms with Crippen LogP contribution in [0.5, 0.6) is 0 Å². The molecule has 0 atom stereocenters. The van der Waals surface area contributed by atoms with Crippen molar-refractivity contribution in [3.8, 4) is 0 Å². The SMILES string of the molecule is CC(C)C1CCN(C(=O)NC(=O)CCCC(=O)O)CC1. The molecule has 0 bridgehead atoms. The smallest absolute Gasteiger partial charge is 0.324 e. The summed E-state index contributed by atoms with van der Waals surface area (Å²) in [6.45, 7) is 5.73. The molecule has 1 heterocycles. The van der Waals surface area contributed by atoms with Crippen LogP contribution in [0.25, 0.3) is 0 Å². The third-order valence-corrected chi connectivity index (χ3v) is 3.81. The summed E-state index contributed by atoms with van der Waals surface area (Å²) in [5.74, 6) is -0.0645. The Kier molecular flexibility index (Phi) is 6.48. The van der Waals surface area contributed by atoms with E-state index in [0.29, 0.717) is 24.9 Å². The number of hydrogen-bond acceptors (Lipinski definition) is 3. The van der Waals surface area contributed by atoms with Crippen molar-refractivity contribution in [2.24, 2.45) is 11.8 Å².